The summed E-state index contributed by atoms with van der Waals surface area (Å²) in [6.07, 6.45) is 2.13. The lowest BCUT2D eigenvalue weighted by Crippen LogP contribution is -2.41. The molecule has 136 valence electrons. The summed E-state index contributed by atoms with van der Waals surface area (Å²) in [5, 5.41) is 13.6. The Morgan fingerprint density at radius 3 is 2.96 bits per heavy atom. The number of fused-ring (bicyclic) bond motifs is 1. The third-order valence-electron chi connectivity index (χ3n) is 4.69. The first-order valence-corrected chi connectivity index (χ1v) is 9.08. The summed E-state index contributed by atoms with van der Waals surface area (Å²) in [6.45, 7) is 5.19. The topological polar surface area (TPSA) is 74.1 Å². The fraction of sp³-hybridized carbons (Fsp3) is 0.286. The fourth-order valence-electron chi connectivity index (χ4n) is 3.31. The zero-order chi connectivity index (χ0) is 18.6. The Kier molecular flexibility index (Phi) is 4.86. The molecule has 1 saturated heterocycles. The zero-order valence-electron chi connectivity index (χ0n) is 15.2. The van der Waals surface area contributed by atoms with E-state index in [1.807, 2.05) is 30.5 Å². The van der Waals surface area contributed by atoms with Crippen LogP contribution in [0.3, 0.4) is 0 Å². The van der Waals surface area contributed by atoms with E-state index in [1.54, 1.807) is 6.07 Å². The average molecular weight is 359 g/mol. The van der Waals surface area contributed by atoms with Crippen molar-refractivity contribution >= 4 is 22.4 Å². The number of para-hydroxylation sites is 1. The molecule has 0 saturated carbocycles. The van der Waals surface area contributed by atoms with Crippen molar-refractivity contribution in [3.8, 4) is 6.07 Å². The number of nitriles is 1. The van der Waals surface area contributed by atoms with Crippen molar-refractivity contribution in [2.45, 2.75) is 19.6 Å². The Labute approximate surface area is 158 Å². The summed E-state index contributed by atoms with van der Waals surface area (Å²) >= 11 is 0. The van der Waals surface area contributed by atoms with E-state index in [0.717, 1.165) is 47.7 Å². The predicted octanol–water partition coefficient (Wildman–Crippen LogP) is 3.34. The predicted molar refractivity (Wildman–Crippen MR) is 106 cm³/mol. The second-order valence-electron chi connectivity index (χ2n) is 6.69. The minimum Gasteiger partial charge on any atom is -0.380 e. The second-order valence-corrected chi connectivity index (χ2v) is 6.69. The van der Waals surface area contributed by atoms with Crippen LogP contribution in [0, 0.1) is 11.3 Å². The van der Waals surface area contributed by atoms with Crippen LogP contribution >= 0.6 is 0 Å². The van der Waals surface area contributed by atoms with E-state index in [9.17, 15) is 5.26 Å². The monoisotopic (exact) mass is 359 g/mol. The normalized spacial score (nSPS) is 16.9. The minimum atomic E-state index is 0.233. The molecule has 1 aromatic carbocycles. The zero-order valence-corrected chi connectivity index (χ0v) is 15.2. The van der Waals surface area contributed by atoms with Crippen molar-refractivity contribution in [3.63, 3.8) is 0 Å². The first-order chi connectivity index (χ1) is 13.2. The van der Waals surface area contributed by atoms with Crippen molar-refractivity contribution < 1.29 is 4.74 Å². The number of nitrogens with one attached hydrogen (secondary N) is 1. The van der Waals surface area contributed by atoms with Gasteiger partial charge in [0.25, 0.3) is 0 Å². The van der Waals surface area contributed by atoms with Crippen molar-refractivity contribution in [1.29, 1.82) is 5.26 Å². The summed E-state index contributed by atoms with van der Waals surface area (Å²) in [7, 11) is 0. The SMILES string of the molecule is CC1CN(c2ccc(CNc3cc(C#N)nc4ccccc34)cn2)CCO1. The maximum atomic E-state index is 9.22. The Morgan fingerprint density at radius 1 is 1.30 bits per heavy atom. The first-order valence-electron chi connectivity index (χ1n) is 9.08. The smallest absolute Gasteiger partial charge is 0.143 e. The Balaban J connectivity index is 1.49. The molecule has 3 heterocycles. The van der Waals surface area contributed by atoms with E-state index in [2.05, 4.69) is 45.3 Å². The van der Waals surface area contributed by atoms with Gasteiger partial charge in [0.05, 0.1) is 18.2 Å². The lowest BCUT2D eigenvalue weighted by molar-refractivity contribution is 0.0529. The van der Waals surface area contributed by atoms with E-state index < -0.39 is 0 Å². The highest BCUT2D eigenvalue weighted by atomic mass is 16.5. The van der Waals surface area contributed by atoms with Gasteiger partial charge in [-0.1, -0.05) is 24.3 Å². The molecular formula is C21H21N5O. The standard InChI is InChI=1S/C21H21N5O/c1-15-14-26(8-9-27-15)21-7-6-16(13-24-21)12-23-20-10-17(11-22)25-19-5-3-2-4-18(19)20/h2-7,10,13,15H,8-9,12,14H2,1H3,(H,23,25). The largest absolute Gasteiger partial charge is 0.380 e. The van der Waals surface area contributed by atoms with Crippen LogP contribution in [-0.2, 0) is 11.3 Å². The summed E-state index contributed by atoms with van der Waals surface area (Å²) < 4.78 is 5.59. The number of ether oxygens (including phenoxy) is 1. The van der Waals surface area contributed by atoms with Crippen LogP contribution in [0.2, 0.25) is 0 Å². The molecule has 0 amide bonds. The van der Waals surface area contributed by atoms with Crippen LogP contribution in [0.1, 0.15) is 18.2 Å². The molecule has 0 spiro atoms. The van der Waals surface area contributed by atoms with Gasteiger partial charge in [-0.15, -0.1) is 0 Å². The van der Waals surface area contributed by atoms with Gasteiger partial charge < -0.3 is 15.0 Å². The molecule has 1 fully saturated rings. The number of hydrogen-bond acceptors (Lipinski definition) is 6. The highest BCUT2D eigenvalue weighted by molar-refractivity contribution is 5.91. The fourth-order valence-corrected chi connectivity index (χ4v) is 3.31. The van der Waals surface area contributed by atoms with Crippen LogP contribution in [0.5, 0.6) is 0 Å². The molecule has 1 N–H and O–H groups in total. The van der Waals surface area contributed by atoms with Gasteiger partial charge in [-0.05, 0) is 30.7 Å². The maximum Gasteiger partial charge on any atom is 0.143 e. The van der Waals surface area contributed by atoms with Gasteiger partial charge >= 0.3 is 0 Å². The van der Waals surface area contributed by atoms with Gasteiger partial charge in [0.1, 0.15) is 17.6 Å². The van der Waals surface area contributed by atoms with Gasteiger partial charge in [0, 0.05) is 36.9 Å². The quantitative estimate of drug-likeness (QED) is 0.770. The number of rotatable bonds is 4. The van der Waals surface area contributed by atoms with Crippen molar-refractivity contribution in [3.05, 3.63) is 59.9 Å². The van der Waals surface area contributed by atoms with Crippen molar-refractivity contribution in [2.24, 2.45) is 0 Å². The van der Waals surface area contributed by atoms with Gasteiger partial charge in [-0.3, -0.25) is 0 Å². The summed E-state index contributed by atoms with van der Waals surface area (Å²) in [4.78, 5) is 11.2. The molecule has 1 unspecified atom stereocenters. The van der Waals surface area contributed by atoms with Gasteiger partial charge in [-0.2, -0.15) is 5.26 Å². The molecule has 1 aliphatic heterocycles. The van der Waals surface area contributed by atoms with Gasteiger partial charge in [0.2, 0.25) is 0 Å². The third kappa shape index (κ3) is 3.83. The summed E-state index contributed by atoms with van der Waals surface area (Å²) in [5.74, 6) is 0.982. The second kappa shape index (κ2) is 7.60. The molecule has 0 aliphatic carbocycles. The number of nitrogens with zero attached hydrogens (tertiary/aromatic N) is 4. The maximum absolute atomic E-state index is 9.22. The Morgan fingerprint density at radius 2 is 2.19 bits per heavy atom. The molecule has 4 rings (SSSR count). The molecular weight excluding hydrogens is 338 g/mol. The van der Waals surface area contributed by atoms with E-state index in [1.165, 1.54) is 0 Å². The Bertz CT molecular complexity index is 980. The minimum absolute atomic E-state index is 0.233. The third-order valence-corrected chi connectivity index (χ3v) is 4.69. The van der Waals surface area contributed by atoms with E-state index in [4.69, 9.17) is 4.74 Å². The lowest BCUT2D eigenvalue weighted by Gasteiger charge is -2.32. The van der Waals surface area contributed by atoms with E-state index in [-0.39, 0.29) is 6.10 Å². The first kappa shape index (κ1) is 17.3. The summed E-state index contributed by atoms with van der Waals surface area (Å²) in [6, 6.07) is 15.9. The number of morpholine rings is 1. The van der Waals surface area contributed by atoms with Crippen LogP contribution in [-0.4, -0.2) is 35.8 Å². The molecule has 0 radical (unpaired) electrons. The van der Waals surface area contributed by atoms with Crippen molar-refractivity contribution in [1.82, 2.24) is 9.97 Å². The number of hydrogen-bond donors (Lipinski definition) is 1. The van der Waals surface area contributed by atoms with E-state index >= 15 is 0 Å². The Hall–Kier alpha value is -3.17. The number of anilines is 2. The van der Waals surface area contributed by atoms with Gasteiger partial charge in [0.15, 0.2) is 0 Å². The molecule has 0 bridgehead atoms. The molecule has 6 nitrogen and oxygen atoms in total. The number of aromatic nitrogens is 2. The molecule has 2 aromatic heterocycles. The molecule has 1 atom stereocenters. The molecule has 27 heavy (non-hydrogen) atoms. The molecule has 6 heteroatoms. The summed E-state index contributed by atoms with van der Waals surface area (Å²) in [5.41, 5.74) is 3.21. The van der Waals surface area contributed by atoms with Crippen molar-refractivity contribution in [2.75, 3.05) is 29.9 Å². The highest BCUT2D eigenvalue weighted by Crippen LogP contribution is 2.24. The van der Waals surface area contributed by atoms with Gasteiger partial charge in [-0.25, -0.2) is 9.97 Å². The average Bonchev–Trinajstić information content (AvgIpc) is 2.72. The van der Waals surface area contributed by atoms with Crippen LogP contribution in [0.4, 0.5) is 11.5 Å². The lowest BCUT2D eigenvalue weighted by atomic mass is 10.1. The van der Waals surface area contributed by atoms with E-state index in [0.29, 0.717) is 12.2 Å². The van der Waals surface area contributed by atoms with Crippen LogP contribution in [0.15, 0.2) is 48.7 Å². The van der Waals surface area contributed by atoms with Crippen LogP contribution < -0.4 is 10.2 Å². The number of pyridine rings is 2. The van der Waals surface area contributed by atoms with Crippen LogP contribution in [0.25, 0.3) is 10.9 Å². The molecule has 1 aliphatic rings. The molecule has 3 aromatic rings. The highest BCUT2D eigenvalue weighted by Gasteiger charge is 2.17. The number of benzene rings is 1.